The van der Waals surface area contributed by atoms with Crippen molar-refractivity contribution in [2.45, 2.75) is 64.1 Å². The highest BCUT2D eigenvalue weighted by molar-refractivity contribution is 5.77. The molecule has 3 heterocycles. The van der Waals surface area contributed by atoms with Gasteiger partial charge in [-0.15, -0.1) is 0 Å². The molecule has 1 aromatic heterocycles. The Morgan fingerprint density at radius 2 is 1.93 bits per heavy atom. The second-order valence-electron chi connectivity index (χ2n) is 8.13. The van der Waals surface area contributed by atoms with Crippen LogP contribution >= 0.6 is 0 Å². The first-order valence-corrected chi connectivity index (χ1v) is 10.9. The Balaban J connectivity index is 1.31. The summed E-state index contributed by atoms with van der Waals surface area (Å²) in [6, 6.07) is 7.51. The van der Waals surface area contributed by atoms with Crippen molar-refractivity contribution >= 4 is 23.1 Å². The Morgan fingerprint density at radius 3 is 2.70 bits per heavy atom. The van der Waals surface area contributed by atoms with Gasteiger partial charge in [-0.3, -0.25) is 14.3 Å². The number of aromatic nitrogens is 1. The van der Waals surface area contributed by atoms with E-state index in [2.05, 4.69) is 6.92 Å². The fraction of sp³-hybridized carbons (Fsp3) is 0.591. The van der Waals surface area contributed by atoms with Crippen LogP contribution in [0.1, 0.15) is 45.4 Å². The number of hydrogen-bond acceptors (Lipinski definition) is 5. The van der Waals surface area contributed by atoms with Gasteiger partial charge in [0.1, 0.15) is 6.61 Å². The van der Waals surface area contributed by atoms with Gasteiger partial charge in [0.2, 0.25) is 5.91 Å². The van der Waals surface area contributed by atoms with Gasteiger partial charge < -0.3 is 14.1 Å². The molecule has 0 N–H and O–H groups in total. The summed E-state index contributed by atoms with van der Waals surface area (Å²) >= 11 is 0. The van der Waals surface area contributed by atoms with E-state index < -0.39 is 5.76 Å². The van der Waals surface area contributed by atoms with Crippen LogP contribution < -0.4 is 5.76 Å². The molecule has 0 aliphatic carbocycles. The number of likely N-dealkylation sites (tertiary alicyclic amines) is 1. The van der Waals surface area contributed by atoms with Crippen LogP contribution in [-0.4, -0.2) is 58.1 Å². The Kier molecular flexibility index (Phi) is 6.11. The minimum atomic E-state index is -0.437. The third-order valence-corrected chi connectivity index (χ3v) is 6.23. The number of para-hydroxylation sites is 2. The van der Waals surface area contributed by atoms with E-state index in [1.165, 1.54) is 4.57 Å². The molecular weight excluding hydrogens is 386 g/mol. The lowest BCUT2D eigenvalue weighted by molar-refractivity contribution is -0.132. The second kappa shape index (κ2) is 8.93. The van der Waals surface area contributed by atoms with Gasteiger partial charge in [-0.25, -0.2) is 9.59 Å². The van der Waals surface area contributed by atoms with Crippen molar-refractivity contribution in [3.8, 4) is 0 Å². The number of amides is 2. The molecule has 2 amide bonds. The predicted octanol–water partition coefficient (Wildman–Crippen LogP) is 2.99. The summed E-state index contributed by atoms with van der Waals surface area (Å²) < 4.78 is 12.0. The molecule has 1 unspecified atom stereocenters. The highest BCUT2D eigenvalue weighted by Gasteiger charge is 2.39. The lowest BCUT2D eigenvalue weighted by atomic mass is 10.00. The molecule has 1 atom stereocenters. The number of piperidine rings is 1. The van der Waals surface area contributed by atoms with Crippen molar-refractivity contribution in [3.05, 3.63) is 34.8 Å². The minimum absolute atomic E-state index is 0.0252. The zero-order valence-corrected chi connectivity index (χ0v) is 17.4. The monoisotopic (exact) mass is 415 g/mol. The van der Waals surface area contributed by atoms with Crippen LogP contribution in [0.3, 0.4) is 0 Å². The van der Waals surface area contributed by atoms with Gasteiger partial charge in [-0.05, 0) is 31.4 Å². The summed E-state index contributed by atoms with van der Waals surface area (Å²) in [5.74, 6) is -0.412. The van der Waals surface area contributed by atoms with Crippen molar-refractivity contribution < 1.29 is 18.7 Å². The smallest absolute Gasteiger partial charge is 0.419 e. The summed E-state index contributed by atoms with van der Waals surface area (Å²) in [5.41, 5.74) is 1.24. The van der Waals surface area contributed by atoms with Crippen LogP contribution in [0.5, 0.6) is 0 Å². The van der Waals surface area contributed by atoms with Gasteiger partial charge in [-0.1, -0.05) is 31.9 Å². The molecule has 0 spiro atoms. The lowest BCUT2D eigenvalue weighted by Gasteiger charge is -2.38. The number of hydrogen-bond donors (Lipinski definition) is 0. The SMILES string of the molecule is CCCCC1COC(=O)N1C1CCN(C(=O)CCn2c(=O)oc3ccccc32)CC1. The molecule has 8 nitrogen and oxygen atoms in total. The van der Waals surface area contributed by atoms with Crippen LogP contribution in [0, 0.1) is 0 Å². The lowest BCUT2D eigenvalue weighted by Crippen LogP contribution is -2.49. The molecule has 30 heavy (non-hydrogen) atoms. The molecule has 4 rings (SSSR count). The Hall–Kier alpha value is -2.77. The summed E-state index contributed by atoms with van der Waals surface area (Å²) in [6.07, 6.45) is 4.70. The second-order valence-corrected chi connectivity index (χ2v) is 8.13. The number of carbonyl (C=O) groups excluding carboxylic acids is 2. The maximum Gasteiger partial charge on any atom is 0.419 e. The van der Waals surface area contributed by atoms with Crippen molar-refractivity contribution in [1.29, 1.82) is 0 Å². The van der Waals surface area contributed by atoms with Crippen LogP contribution in [0.15, 0.2) is 33.5 Å². The van der Waals surface area contributed by atoms with E-state index in [4.69, 9.17) is 9.15 Å². The number of ether oxygens (including phenoxy) is 1. The highest BCUT2D eigenvalue weighted by atomic mass is 16.6. The topological polar surface area (TPSA) is 85.0 Å². The number of unbranched alkanes of at least 4 members (excludes halogenated alkanes) is 1. The molecule has 0 saturated carbocycles. The van der Waals surface area contributed by atoms with Gasteiger partial charge in [0.15, 0.2) is 5.58 Å². The first-order valence-electron chi connectivity index (χ1n) is 10.9. The Bertz CT molecular complexity index is 957. The van der Waals surface area contributed by atoms with E-state index in [-0.39, 0.29) is 30.5 Å². The average molecular weight is 415 g/mol. The van der Waals surface area contributed by atoms with Crippen LogP contribution in [0.4, 0.5) is 4.79 Å². The molecule has 0 radical (unpaired) electrons. The molecule has 0 bridgehead atoms. The van der Waals surface area contributed by atoms with Gasteiger partial charge in [0.05, 0.1) is 11.6 Å². The van der Waals surface area contributed by atoms with Crippen LogP contribution in [0.25, 0.3) is 11.1 Å². The van der Waals surface area contributed by atoms with Crippen molar-refractivity contribution in [2.24, 2.45) is 0 Å². The number of fused-ring (bicyclic) bond motifs is 1. The average Bonchev–Trinajstić information content (AvgIpc) is 3.29. The van der Waals surface area contributed by atoms with Crippen molar-refractivity contribution in [3.63, 3.8) is 0 Å². The van der Waals surface area contributed by atoms with E-state index in [9.17, 15) is 14.4 Å². The minimum Gasteiger partial charge on any atom is -0.447 e. The number of benzene rings is 1. The molecule has 2 aliphatic rings. The molecule has 162 valence electrons. The van der Waals surface area contributed by atoms with E-state index >= 15 is 0 Å². The number of cyclic esters (lactones) is 1. The fourth-order valence-corrected chi connectivity index (χ4v) is 4.57. The maximum absolute atomic E-state index is 12.7. The summed E-state index contributed by atoms with van der Waals surface area (Å²) in [5, 5.41) is 0. The van der Waals surface area contributed by atoms with E-state index in [1.54, 1.807) is 6.07 Å². The van der Waals surface area contributed by atoms with Gasteiger partial charge >= 0.3 is 11.8 Å². The molecule has 2 fully saturated rings. The Labute approximate surface area is 175 Å². The number of rotatable bonds is 7. The normalized spacial score (nSPS) is 20.2. The molecule has 2 aliphatic heterocycles. The first kappa shape index (κ1) is 20.5. The number of aryl methyl sites for hydroxylation is 1. The van der Waals surface area contributed by atoms with Crippen molar-refractivity contribution in [1.82, 2.24) is 14.4 Å². The molecule has 1 aromatic carbocycles. The number of nitrogens with zero attached hydrogens (tertiary/aromatic N) is 3. The molecule has 2 saturated heterocycles. The largest absolute Gasteiger partial charge is 0.447 e. The predicted molar refractivity (Wildman–Crippen MR) is 111 cm³/mol. The maximum atomic E-state index is 12.7. The van der Waals surface area contributed by atoms with Gasteiger partial charge in [-0.2, -0.15) is 0 Å². The third kappa shape index (κ3) is 4.08. The molecular formula is C22H29N3O5. The van der Waals surface area contributed by atoms with Gasteiger partial charge in [0, 0.05) is 32.1 Å². The zero-order chi connectivity index (χ0) is 21.1. The third-order valence-electron chi connectivity index (χ3n) is 6.23. The summed E-state index contributed by atoms with van der Waals surface area (Å²) in [7, 11) is 0. The van der Waals surface area contributed by atoms with E-state index in [0.29, 0.717) is 37.3 Å². The quantitative estimate of drug-likeness (QED) is 0.694. The van der Waals surface area contributed by atoms with Gasteiger partial charge in [0.25, 0.3) is 0 Å². The van der Waals surface area contributed by atoms with E-state index in [0.717, 1.165) is 32.1 Å². The molecule has 2 aromatic rings. The first-order chi connectivity index (χ1) is 14.6. The molecule has 8 heteroatoms. The van der Waals surface area contributed by atoms with Crippen molar-refractivity contribution in [2.75, 3.05) is 19.7 Å². The number of oxazole rings is 1. The number of carbonyl (C=O) groups is 2. The fourth-order valence-electron chi connectivity index (χ4n) is 4.57. The zero-order valence-electron chi connectivity index (χ0n) is 17.4. The standard InChI is InChI=1S/C22H29N3O5/c1-2-3-6-17-15-29-22(28)25(17)16-9-12-23(13-10-16)20(26)11-14-24-18-7-4-5-8-19(18)30-21(24)27/h4-5,7-8,16-17H,2-3,6,9-15H2,1H3. The summed E-state index contributed by atoms with van der Waals surface area (Å²) in [4.78, 5) is 40.8. The van der Waals surface area contributed by atoms with Crippen LogP contribution in [0.2, 0.25) is 0 Å². The highest BCUT2D eigenvalue weighted by Crippen LogP contribution is 2.26. The Morgan fingerprint density at radius 1 is 1.17 bits per heavy atom. The summed E-state index contributed by atoms with van der Waals surface area (Å²) in [6.45, 7) is 4.16. The van der Waals surface area contributed by atoms with Crippen LogP contribution in [-0.2, 0) is 16.1 Å². The van der Waals surface area contributed by atoms with E-state index in [1.807, 2.05) is 28.0 Å².